The lowest BCUT2D eigenvalue weighted by molar-refractivity contribution is 0.0933. The van der Waals surface area contributed by atoms with Crippen LogP contribution in [0.3, 0.4) is 0 Å². The number of sulfonamides is 1. The van der Waals surface area contributed by atoms with E-state index in [2.05, 4.69) is 19.2 Å². The number of piperidine rings is 1. The van der Waals surface area contributed by atoms with E-state index < -0.39 is 10.0 Å². The van der Waals surface area contributed by atoms with Crippen LogP contribution < -0.4 is 5.32 Å². The zero-order chi connectivity index (χ0) is 19.4. The molecular weight excluding hydrogens is 360 g/mol. The van der Waals surface area contributed by atoms with E-state index in [1.165, 1.54) is 12.8 Å². The van der Waals surface area contributed by atoms with Crippen LogP contribution in [0.1, 0.15) is 69.2 Å². The summed E-state index contributed by atoms with van der Waals surface area (Å²) in [6, 6.07) is 6.65. The summed E-state index contributed by atoms with van der Waals surface area (Å²) in [4.78, 5) is 12.8. The van der Waals surface area contributed by atoms with E-state index in [9.17, 15) is 13.2 Å². The van der Waals surface area contributed by atoms with Crippen LogP contribution in [0.2, 0.25) is 0 Å². The largest absolute Gasteiger partial charge is 0.349 e. The van der Waals surface area contributed by atoms with Gasteiger partial charge in [-0.25, -0.2) is 8.42 Å². The van der Waals surface area contributed by atoms with Gasteiger partial charge in [0.1, 0.15) is 0 Å². The fourth-order valence-corrected chi connectivity index (χ4v) is 6.10. The van der Waals surface area contributed by atoms with Crippen molar-refractivity contribution in [3.63, 3.8) is 0 Å². The zero-order valence-corrected chi connectivity index (χ0v) is 17.3. The number of benzene rings is 1. The van der Waals surface area contributed by atoms with Crippen LogP contribution in [0, 0.1) is 11.8 Å². The molecule has 1 N–H and O–H groups in total. The predicted molar refractivity (Wildman–Crippen MR) is 107 cm³/mol. The molecule has 5 nitrogen and oxygen atoms in total. The molecule has 0 unspecified atom stereocenters. The summed E-state index contributed by atoms with van der Waals surface area (Å²) < 4.78 is 27.5. The molecule has 6 heteroatoms. The Bertz CT molecular complexity index is 727. The van der Waals surface area contributed by atoms with Gasteiger partial charge in [-0.3, -0.25) is 4.79 Å². The molecule has 2 aliphatic rings. The minimum Gasteiger partial charge on any atom is -0.349 e. The molecule has 1 amide bonds. The van der Waals surface area contributed by atoms with Gasteiger partial charge >= 0.3 is 0 Å². The van der Waals surface area contributed by atoms with Crippen LogP contribution >= 0.6 is 0 Å². The van der Waals surface area contributed by atoms with E-state index in [0.29, 0.717) is 30.5 Å². The molecular formula is C21H32N2O3S. The van der Waals surface area contributed by atoms with Crippen LogP contribution in [0.15, 0.2) is 29.2 Å². The Kier molecular flexibility index (Phi) is 6.58. The van der Waals surface area contributed by atoms with E-state index in [4.69, 9.17) is 0 Å². The Hall–Kier alpha value is -1.40. The van der Waals surface area contributed by atoms with Gasteiger partial charge in [0.15, 0.2) is 0 Å². The summed E-state index contributed by atoms with van der Waals surface area (Å²) in [6.45, 7) is 5.32. The SMILES string of the molecule is C[C@H]1C[C@H](C)CN(S(=O)(=O)c2ccc(C(=O)NC3CCCCCC3)cc2)C1. The standard InChI is InChI=1S/C21H32N2O3S/c1-16-13-17(2)15-23(14-16)27(25,26)20-11-9-18(10-12-20)21(24)22-19-7-5-3-4-6-8-19/h9-12,16-17,19H,3-8,13-15H2,1-2H3,(H,22,24)/t16-,17-/m0/s1. The lowest BCUT2D eigenvalue weighted by Gasteiger charge is -2.34. The second-order valence-corrected chi connectivity index (χ2v) is 10.4. The average molecular weight is 393 g/mol. The van der Waals surface area contributed by atoms with Gasteiger partial charge in [-0.05, 0) is 55.4 Å². The molecule has 3 rings (SSSR count). The van der Waals surface area contributed by atoms with Gasteiger partial charge in [-0.15, -0.1) is 0 Å². The fourth-order valence-electron chi connectivity index (χ4n) is 4.42. The van der Waals surface area contributed by atoms with Gasteiger partial charge in [0.05, 0.1) is 4.90 Å². The predicted octanol–water partition coefficient (Wildman–Crippen LogP) is 3.81. The van der Waals surface area contributed by atoms with E-state index in [-0.39, 0.29) is 16.8 Å². The molecule has 1 aliphatic carbocycles. The first-order chi connectivity index (χ1) is 12.9. The Morgan fingerprint density at radius 3 is 2.07 bits per heavy atom. The molecule has 1 aromatic carbocycles. The lowest BCUT2D eigenvalue weighted by atomic mass is 9.94. The van der Waals surface area contributed by atoms with Gasteiger partial charge in [0, 0.05) is 24.7 Å². The summed E-state index contributed by atoms with van der Waals surface area (Å²) in [5.41, 5.74) is 0.526. The lowest BCUT2D eigenvalue weighted by Crippen LogP contribution is -2.42. The molecule has 1 saturated carbocycles. The number of hydrogen-bond donors (Lipinski definition) is 1. The molecule has 150 valence electrons. The molecule has 2 atom stereocenters. The van der Waals surface area contributed by atoms with Crippen molar-refractivity contribution in [2.24, 2.45) is 11.8 Å². The fraction of sp³-hybridized carbons (Fsp3) is 0.667. The smallest absolute Gasteiger partial charge is 0.251 e. The summed E-state index contributed by atoms with van der Waals surface area (Å²) in [6.07, 6.45) is 7.93. The number of rotatable bonds is 4. The third-order valence-electron chi connectivity index (χ3n) is 5.78. The Morgan fingerprint density at radius 2 is 1.52 bits per heavy atom. The maximum atomic E-state index is 12.9. The molecule has 0 spiro atoms. The van der Waals surface area contributed by atoms with Crippen LogP contribution in [0.5, 0.6) is 0 Å². The average Bonchev–Trinajstić information content (AvgIpc) is 2.89. The van der Waals surface area contributed by atoms with E-state index >= 15 is 0 Å². The van der Waals surface area contributed by atoms with Gasteiger partial charge < -0.3 is 5.32 Å². The zero-order valence-electron chi connectivity index (χ0n) is 16.5. The minimum atomic E-state index is -3.50. The molecule has 1 heterocycles. The van der Waals surface area contributed by atoms with Crippen molar-refractivity contribution in [1.29, 1.82) is 0 Å². The number of carbonyl (C=O) groups excluding carboxylic acids is 1. The van der Waals surface area contributed by atoms with Crippen molar-refractivity contribution in [2.75, 3.05) is 13.1 Å². The number of nitrogens with one attached hydrogen (secondary N) is 1. The number of hydrogen-bond acceptors (Lipinski definition) is 3. The van der Waals surface area contributed by atoms with Crippen LogP contribution in [0.25, 0.3) is 0 Å². The van der Waals surface area contributed by atoms with E-state index in [0.717, 1.165) is 32.1 Å². The third-order valence-corrected chi connectivity index (χ3v) is 7.63. The summed E-state index contributed by atoms with van der Waals surface area (Å²) in [7, 11) is -3.50. The van der Waals surface area contributed by atoms with Crippen molar-refractivity contribution >= 4 is 15.9 Å². The first-order valence-corrected chi connectivity index (χ1v) is 11.7. The summed E-state index contributed by atoms with van der Waals surface area (Å²) in [5, 5.41) is 3.11. The first kappa shape index (κ1) is 20.3. The van der Waals surface area contributed by atoms with Gasteiger partial charge in [0.2, 0.25) is 10.0 Å². The highest BCUT2D eigenvalue weighted by molar-refractivity contribution is 7.89. The van der Waals surface area contributed by atoms with E-state index in [1.54, 1.807) is 28.6 Å². The van der Waals surface area contributed by atoms with Gasteiger partial charge in [-0.1, -0.05) is 39.5 Å². The summed E-state index contributed by atoms with van der Waals surface area (Å²) >= 11 is 0. The number of nitrogens with zero attached hydrogens (tertiary/aromatic N) is 1. The van der Waals surface area contributed by atoms with E-state index in [1.807, 2.05) is 0 Å². The highest BCUT2D eigenvalue weighted by Crippen LogP contribution is 2.27. The molecule has 2 fully saturated rings. The Labute approximate surface area is 163 Å². The maximum absolute atomic E-state index is 12.9. The highest BCUT2D eigenvalue weighted by atomic mass is 32.2. The van der Waals surface area contributed by atoms with Crippen LogP contribution in [-0.2, 0) is 10.0 Å². The van der Waals surface area contributed by atoms with Crippen molar-refractivity contribution in [3.05, 3.63) is 29.8 Å². The molecule has 1 aromatic rings. The highest BCUT2D eigenvalue weighted by Gasteiger charge is 2.31. The van der Waals surface area contributed by atoms with Crippen molar-refractivity contribution in [3.8, 4) is 0 Å². The molecule has 0 radical (unpaired) electrons. The monoisotopic (exact) mass is 392 g/mol. The number of carbonyl (C=O) groups is 1. The van der Waals surface area contributed by atoms with Crippen molar-refractivity contribution in [2.45, 2.75) is 69.7 Å². The molecule has 0 aromatic heterocycles. The van der Waals surface area contributed by atoms with Crippen molar-refractivity contribution < 1.29 is 13.2 Å². The van der Waals surface area contributed by atoms with Crippen molar-refractivity contribution in [1.82, 2.24) is 9.62 Å². The van der Waals surface area contributed by atoms with Gasteiger partial charge in [0.25, 0.3) is 5.91 Å². The quantitative estimate of drug-likeness (QED) is 0.793. The second-order valence-electron chi connectivity index (χ2n) is 8.45. The van der Waals surface area contributed by atoms with Crippen LogP contribution in [0.4, 0.5) is 0 Å². The topological polar surface area (TPSA) is 66.5 Å². The van der Waals surface area contributed by atoms with Gasteiger partial charge in [-0.2, -0.15) is 4.31 Å². The minimum absolute atomic E-state index is 0.105. The first-order valence-electron chi connectivity index (χ1n) is 10.3. The van der Waals surface area contributed by atoms with Crippen LogP contribution in [-0.4, -0.2) is 37.8 Å². The third kappa shape index (κ3) is 5.11. The summed E-state index contributed by atoms with van der Waals surface area (Å²) in [5.74, 6) is 0.632. The molecule has 27 heavy (non-hydrogen) atoms. The second kappa shape index (κ2) is 8.74. The number of amides is 1. The Morgan fingerprint density at radius 1 is 0.963 bits per heavy atom. The molecule has 1 saturated heterocycles. The molecule has 1 aliphatic heterocycles. The molecule has 0 bridgehead atoms. The normalized spacial score (nSPS) is 25.7. The Balaban J connectivity index is 1.67. The maximum Gasteiger partial charge on any atom is 0.251 e.